The standard InChI is InChI=1S/C13H19N3O2/c1-3-17-10-7-14-12(11-5-4-9-18-11)13-15-6-8-16(13)2/h4-6,8-9,12,14H,3,7,10H2,1-2H3. The molecule has 2 heterocycles. The van der Waals surface area contributed by atoms with E-state index in [0.29, 0.717) is 6.61 Å². The fraction of sp³-hybridized carbons (Fsp3) is 0.462. The van der Waals surface area contributed by atoms with Crippen molar-refractivity contribution in [3.63, 3.8) is 0 Å². The zero-order valence-corrected chi connectivity index (χ0v) is 10.8. The molecule has 0 aliphatic rings. The van der Waals surface area contributed by atoms with E-state index in [9.17, 15) is 0 Å². The summed E-state index contributed by atoms with van der Waals surface area (Å²) >= 11 is 0. The second-order valence-electron chi connectivity index (χ2n) is 4.00. The maximum atomic E-state index is 5.47. The van der Waals surface area contributed by atoms with E-state index in [0.717, 1.165) is 24.7 Å². The summed E-state index contributed by atoms with van der Waals surface area (Å²) < 4.78 is 12.8. The van der Waals surface area contributed by atoms with Crippen molar-refractivity contribution >= 4 is 0 Å². The van der Waals surface area contributed by atoms with Crippen LogP contribution in [0.1, 0.15) is 24.6 Å². The summed E-state index contributed by atoms with van der Waals surface area (Å²) in [7, 11) is 1.97. The molecular formula is C13H19N3O2. The number of rotatable bonds is 7. The molecule has 5 heteroatoms. The normalized spacial score (nSPS) is 12.8. The number of nitrogens with zero attached hydrogens (tertiary/aromatic N) is 2. The Hall–Kier alpha value is -1.59. The number of furan rings is 1. The molecule has 0 saturated carbocycles. The molecule has 1 unspecified atom stereocenters. The Morgan fingerprint density at radius 2 is 2.44 bits per heavy atom. The van der Waals surface area contributed by atoms with Crippen molar-refractivity contribution in [2.45, 2.75) is 13.0 Å². The van der Waals surface area contributed by atoms with E-state index >= 15 is 0 Å². The SMILES string of the molecule is CCOCCNC(c1ccco1)c1nccn1C. The summed E-state index contributed by atoms with van der Waals surface area (Å²) in [4.78, 5) is 4.37. The summed E-state index contributed by atoms with van der Waals surface area (Å²) in [6, 6.07) is 3.79. The molecule has 18 heavy (non-hydrogen) atoms. The Labute approximate surface area is 107 Å². The van der Waals surface area contributed by atoms with Crippen molar-refractivity contribution in [2.24, 2.45) is 7.05 Å². The van der Waals surface area contributed by atoms with Crippen molar-refractivity contribution in [2.75, 3.05) is 19.8 Å². The van der Waals surface area contributed by atoms with Gasteiger partial charge in [-0.1, -0.05) is 0 Å². The molecule has 0 aliphatic heterocycles. The minimum absolute atomic E-state index is 0.0412. The lowest BCUT2D eigenvalue weighted by molar-refractivity contribution is 0.147. The van der Waals surface area contributed by atoms with Gasteiger partial charge in [0, 0.05) is 32.6 Å². The van der Waals surface area contributed by atoms with Crippen LogP contribution in [0.4, 0.5) is 0 Å². The second kappa shape index (κ2) is 6.37. The van der Waals surface area contributed by atoms with Gasteiger partial charge in [-0.3, -0.25) is 5.32 Å². The molecule has 2 aromatic rings. The molecule has 0 aliphatic carbocycles. The maximum Gasteiger partial charge on any atom is 0.133 e. The molecule has 0 aromatic carbocycles. The monoisotopic (exact) mass is 249 g/mol. The first-order chi connectivity index (χ1) is 8.83. The highest BCUT2D eigenvalue weighted by Gasteiger charge is 2.19. The van der Waals surface area contributed by atoms with Gasteiger partial charge in [0.05, 0.1) is 12.9 Å². The molecule has 5 nitrogen and oxygen atoms in total. The minimum Gasteiger partial charge on any atom is -0.467 e. The third kappa shape index (κ3) is 3.00. The fourth-order valence-corrected chi connectivity index (χ4v) is 1.85. The van der Waals surface area contributed by atoms with E-state index in [2.05, 4.69) is 10.3 Å². The number of ether oxygens (including phenoxy) is 1. The molecule has 0 radical (unpaired) electrons. The Bertz CT molecular complexity index is 451. The Balaban J connectivity index is 2.07. The van der Waals surface area contributed by atoms with Gasteiger partial charge in [0.2, 0.25) is 0 Å². The minimum atomic E-state index is -0.0412. The van der Waals surface area contributed by atoms with Crippen molar-refractivity contribution in [3.05, 3.63) is 42.4 Å². The van der Waals surface area contributed by atoms with Crippen LogP contribution in [0.25, 0.3) is 0 Å². The van der Waals surface area contributed by atoms with Gasteiger partial charge in [-0.05, 0) is 19.1 Å². The predicted molar refractivity (Wildman–Crippen MR) is 68.3 cm³/mol. The number of hydrogen-bond acceptors (Lipinski definition) is 4. The zero-order chi connectivity index (χ0) is 12.8. The highest BCUT2D eigenvalue weighted by molar-refractivity contribution is 5.15. The lowest BCUT2D eigenvalue weighted by atomic mass is 10.2. The second-order valence-corrected chi connectivity index (χ2v) is 4.00. The molecule has 0 fully saturated rings. The molecule has 0 spiro atoms. The van der Waals surface area contributed by atoms with Crippen LogP contribution in [0, 0.1) is 0 Å². The highest BCUT2D eigenvalue weighted by atomic mass is 16.5. The van der Waals surface area contributed by atoms with Crippen molar-refractivity contribution in [1.29, 1.82) is 0 Å². The molecule has 0 saturated heterocycles. The van der Waals surface area contributed by atoms with Gasteiger partial charge < -0.3 is 13.7 Å². The fourth-order valence-electron chi connectivity index (χ4n) is 1.85. The third-order valence-electron chi connectivity index (χ3n) is 2.74. The van der Waals surface area contributed by atoms with E-state index in [1.165, 1.54) is 0 Å². The summed E-state index contributed by atoms with van der Waals surface area (Å²) in [6.45, 7) is 4.16. The number of hydrogen-bond donors (Lipinski definition) is 1. The molecule has 2 rings (SSSR count). The van der Waals surface area contributed by atoms with Crippen molar-refractivity contribution in [3.8, 4) is 0 Å². The first-order valence-electron chi connectivity index (χ1n) is 6.14. The van der Waals surface area contributed by atoms with Crippen LogP contribution in [0.2, 0.25) is 0 Å². The van der Waals surface area contributed by atoms with Gasteiger partial charge in [0.1, 0.15) is 17.6 Å². The van der Waals surface area contributed by atoms with Gasteiger partial charge in [-0.25, -0.2) is 4.98 Å². The van der Waals surface area contributed by atoms with Gasteiger partial charge in [-0.2, -0.15) is 0 Å². The lowest BCUT2D eigenvalue weighted by Gasteiger charge is -2.16. The summed E-state index contributed by atoms with van der Waals surface area (Å²) in [6.07, 6.45) is 5.39. The van der Waals surface area contributed by atoms with Crippen LogP contribution in [0.5, 0.6) is 0 Å². The number of nitrogens with one attached hydrogen (secondary N) is 1. The predicted octanol–water partition coefficient (Wildman–Crippen LogP) is 1.73. The zero-order valence-electron chi connectivity index (χ0n) is 10.8. The van der Waals surface area contributed by atoms with E-state index in [1.54, 1.807) is 12.5 Å². The summed E-state index contributed by atoms with van der Waals surface area (Å²) in [5.74, 6) is 1.79. The van der Waals surface area contributed by atoms with Crippen molar-refractivity contribution in [1.82, 2.24) is 14.9 Å². The van der Waals surface area contributed by atoms with E-state index in [4.69, 9.17) is 9.15 Å². The number of aryl methyl sites for hydroxylation is 1. The average Bonchev–Trinajstić information content (AvgIpc) is 3.01. The van der Waals surface area contributed by atoms with Crippen LogP contribution in [0.15, 0.2) is 35.2 Å². The smallest absolute Gasteiger partial charge is 0.133 e. The van der Waals surface area contributed by atoms with Crippen LogP contribution < -0.4 is 5.32 Å². The highest BCUT2D eigenvalue weighted by Crippen LogP contribution is 2.20. The van der Waals surface area contributed by atoms with Gasteiger partial charge in [0.15, 0.2) is 0 Å². The molecule has 98 valence electrons. The Morgan fingerprint density at radius 1 is 1.56 bits per heavy atom. The molecule has 1 atom stereocenters. The van der Waals surface area contributed by atoms with E-state index in [1.807, 2.05) is 36.9 Å². The summed E-state index contributed by atoms with van der Waals surface area (Å²) in [5, 5.41) is 3.40. The van der Waals surface area contributed by atoms with Gasteiger partial charge in [0.25, 0.3) is 0 Å². The van der Waals surface area contributed by atoms with Crippen LogP contribution in [-0.2, 0) is 11.8 Å². The largest absolute Gasteiger partial charge is 0.467 e. The number of imidazole rings is 1. The molecule has 0 amide bonds. The van der Waals surface area contributed by atoms with Crippen LogP contribution in [0.3, 0.4) is 0 Å². The first-order valence-corrected chi connectivity index (χ1v) is 6.14. The molecule has 2 aromatic heterocycles. The first kappa shape index (κ1) is 12.9. The molecular weight excluding hydrogens is 230 g/mol. The van der Waals surface area contributed by atoms with Crippen molar-refractivity contribution < 1.29 is 9.15 Å². The van der Waals surface area contributed by atoms with Crippen LogP contribution in [-0.4, -0.2) is 29.3 Å². The van der Waals surface area contributed by atoms with E-state index in [-0.39, 0.29) is 6.04 Å². The third-order valence-corrected chi connectivity index (χ3v) is 2.74. The number of aromatic nitrogens is 2. The van der Waals surface area contributed by atoms with E-state index < -0.39 is 0 Å². The topological polar surface area (TPSA) is 52.2 Å². The Morgan fingerprint density at radius 3 is 3.06 bits per heavy atom. The van der Waals surface area contributed by atoms with Crippen LogP contribution >= 0.6 is 0 Å². The quantitative estimate of drug-likeness (QED) is 0.759. The molecule has 0 bridgehead atoms. The maximum absolute atomic E-state index is 5.47. The van der Waals surface area contributed by atoms with Gasteiger partial charge >= 0.3 is 0 Å². The summed E-state index contributed by atoms with van der Waals surface area (Å²) in [5.41, 5.74) is 0. The average molecular weight is 249 g/mol. The Kier molecular flexibility index (Phi) is 4.55. The van der Waals surface area contributed by atoms with Gasteiger partial charge in [-0.15, -0.1) is 0 Å². The molecule has 1 N–H and O–H groups in total. The lowest BCUT2D eigenvalue weighted by Crippen LogP contribution is -2.28.